The molecule has 3 aromatic rings. The molecule has 0 bridgehead atoms. The van der Waals surface area contributed by atoms with Gasteiger partial charge in [-0.05, 0) is 12.5 Å². The normalized spacial score (nSPS) is 10.8. The van der Waals surface area contributed by atoms with Crippen molar-refractivity contribution in [2.24, 2.45) is 0 Å². The summed E-state index contributed by atoms with van der Waals surface area (Å²) in [5.74, 6) is 3.07. The minimum absolute atomic E-state index is 0.0252. The Balaban J connectivity index is 1.41. The second kappa shape index (κ2) is 10.9. The van der Waals surface area contributed by atoms with Gasteiger partial charge in [0.05, 0.1) is 5.75 Å². The molecule has 0 saturated carbocycles. The number of amides is 1. The van der Waals surface area contributed by atoms with Gasteiger partial charge in [-0.25, -0.2) is 0 Å². The van der Waals surface area contributed by atoms with Crippen molar-refractivity contribution >= 4 is 29.4 Å². The maximum Gasteiger partial charge on any atom is 0.230 e. The molecule has 1 aromatic heterocycles. The molecule has 0 spiro atoms. The Morgan fingerprint density at radius 3 is 2.46 bits per heavy atom. The van der Waals surface area contributed by atoms with Crippen LogP contribution in [0.25, 0.3) is 11.4 Å². The van der Waals surface area contributed by atoms with E-state index in [0.717, 1.165) is 34.6 Å². The van der Waals surface area contributed by atoms with Crippen LogP contribution in [0.2, 0.25) is 0 Å². The van der Waals surface area contributed by atoms with E-state index >= 15 is 0 Å². The number of nitrogens with one attached hydrogen (secondary N) is 1. The first-order valence-electron chi connectivity index (χ1n) is 9.27. The van der Waals surface area contributed by atoms with Crippen LogP contribution in [0.15, 0.2) is 65.8 Å². The van der Waals surface area contributed by atoms with Crippen molar-refractivity contribution in [3.63, 3.8) is 0 Å². The number of thioether (sulfide) groups is 2. The summed E-state index contributed by atoms with van der Waals surface area (Å²) >= 11 is 3.25. The molecule has 0 saturated heterocycles. The van der Waals surface area contributed by atoms with Crippen molar-refractivity contribution < 1.29 is 4.79 Å². The molecule has 0 fully saturated rings. The van der Waals surface area contributed by atoms with Crippen LogP contribution in [0.4, 0.5) is 0 Å². The van der Waals surface area contributed by atoms with Crippen molar-refractivity contribution in [3.8, 4) is 11.4 Å². The zero-order valence-electron chi connectivity index (χ0n) is 15.9. The molecule has 3 rings (SSSR count). The molecular weight excluding hydrogens is 388 g/mol. The summed E-state index contributed by atoms with van der Waals surface area (Å²) in [7, 11) is 0. The molecular formula is C21H24N4OS2. The number of benzene rings is 2. The third-order valence-corrected chi connectivity index (χ3v) is 6.07. The molecule has 1 N–H and O–H groups in total. The van der Waals surface area contributed by atoms with Crippen LogP contribution in [0.3, 0.4) is 0 Å². The molecule has 0 aliphatic heterocycles. The number of carbonyl (C=O) groups is 1. The molecule has 28 heavy (non-hydrogen) atoms. The summed E-state index contributed by atoms with van der Waals surface area (Å²) in [6, 6.07) is 20.4. The lowest BCUT2D eigenvalue weighted by Crippen LogP contribution is -2.27. The van der Waals surface area contributed by atoms with E-state index in [1.54, 1.807) is 0 Å². The SMILES string of the molecule is CCn1c(SCC(=O)NCCSCc2ccccc2)nnc1-c1ccccc1. The molecule has 0 aliphatic carbocycles. The minimum Gasteiger partial charge on any atom is -0.355 e. The highest BCUT2D eigenvalue weighted by atomic mass is 32.2. The maximum atomic E-state index is 12.1. The van der Waals surface area contributed by atoms with E-state index in [0.29, 0.717) is 12.3 Å². The van der Waals surface area contributed by atoms with Crippen molar-refractivity contribution in [2.45, 2.75) is 24.4 Å². The third-order valence-electron chi connectivity index (χ3n) is 4.08. The summed E-state index contributed by atoms with van der Waals surface area (Å²) in [6.45, 7) is 3.49. The van der Waals surface area contributed by atoms with Crippen molar-refractivity contribution in [3.05, 3.63) is 66.2 Å². The first-order chi connectivity index (χ1) is 13.8. The summed E-state index contributed by atoms with van der Waals surface area (Å²) in [4.78, 5) is 12.1. The lowest BCUT2D eigenvalue weighted by molar-refractivity contribution is -0.118. The fourth-order valence-corrected chi connectivity index (χ4v) is 4.34. The van der Waals surface area contributed by atoms with Gasteiger partial charge in [-0.2, -0.15) is 11.8 Å². The van der Waals surface area contributed by atoms with Gasteiger partial charge < -0.3 is 9.88 Å². The quantitative estimate of drug-likeness (QED) is 0.401. The zero-order valence-corrected chi connectivity index (χ0v) is 17.5. The molecule has 1 amide bonds. The van der Waals surface area contributed by atoms with E-state index in [1.165, 1.54) is 17.3 Å². The fourth-order valence-electron chi connectivity index (χ4n) is 2.69. The Morgan fingerprint density at radius 2 is 1.75 bits per heavy atom. The van der Waals surface area contributed by atoms with Crippen molar-refractivity contribution in [1.82, 2.24) is 20.1 Å². The molecule has 2 aromatic carbocycles. The van der Waals surface area contributed by atoms with E-state index in [1.807, 2.05) is 64.9 Å². The maximum absolute atomic E-state index is 12.1. The molecule has 0 unspecified atom stereocenters. The smallest absolute Gasteiger partial charge is 0.230 e. The number of nitrogens with zero attached hydrogens (tertiary/aromatic N) is 3. The van der Waals surface area contributed by atoms with Gasteiger partial charge in [-0.1, -0.05) is 72.4 Å². The predicted octanol–water partition coefficient (Wildman–Crippen LogP) is 4.11. The highest BCUT2D eigenvalue weighted by molar-refractivity contribution is 7.99. The van der Waals surface area contributed by atoms with Crippen LogP contribution in [-0.4, -0.2) is 38.7 Å². The molecule has 0 radical (unpaired) electrons. The van der Waals surface area contributed by atoms with E-state index in [9.17, 15) is 4.79 Å². The Morgan fingerprint density at radius 1 is 1.04 bits per heavy atom. The Labute approximate surface area is 174 Å². The lowest BCUT2D eigenvalue weighted by Gasteiger charge is -2.08. The summed E-state index contributed by atoms with van der Waals surface area (Å²) < 4.78 is 2.04. The second-order valence-corrected chi connectivity index (χ2v) is 8.14. The number of carbonyl (C=O) groups excluding carboxylic acids is 1. The Kier molecular flexibility index (Phi) is 7.99. The van der Waals surface area contributed by atoms with Crippen molar-refractivity contribution in [1.29, 1.82) is 0 Å². The third kappa shape index (κ3) is 5.87. The Bertz CT molecular complexity index is 869. The van der Waals surface area contributed by atoms with E-state index in [4.69, 9.17) is 0 Å². The molecule has 0 aliphatic rings. The molecule has 0 atom stereocenters. The summed E-state index contributed by atoms with van der Waals surface area (Å²) in [5.41, 5.74) is 2.34. The average molecular weight is 413 g/mol. The largest absolute Gasteiger partial charge is 0.355 e. The number of rotatable bonds is 10. The van der Waals surface area contributed by atoms with Crippen LogP contribution in [-0.2, 0) is 17.1 Å². The lowest BCUT2D eigenvalue weighted by atomic mass is 10.2. The van der Waals surface area contributed by atoms with Crippen LogP contribution in [0, 0.1) is 0 Å². The van der Waals surface area contributed by atoms with E-state index in [-0.39, 0.29) is 5.91 Å². The first kappa shape index (κ1) is 20.5. The van der Waals surface area contributed by atoms with E-state index < -0.39 is 0 Å². The zero-order chi connectivity index (χ0) is 19.6. The van der Waals surface area contributed by atoms with Gasteiger partial charge in [0.25, 0.3) is 0 Å². The first-order valence-corrected chi connectivity index (χ1v) is 11.4. The molecule has 5 nitrogen and oxygen atoms in total. The van der Waals surface area contributed by atoms with Crippen LogP contribution in [0.1, 0.15) is 12.5 Å². The standard InChI is InChI=1S/C21H24N4OS2/c1-2-25-20(18-11-7-4-8-12-18)23-24-21(25)28-16-19(26)22-13-14-27-15-17-9-5-3-6-10-17/h3-12H,2,13-16H2,1H3,(H,22,26). The average Bonchev–Trinajstić information content (AvgIpc) is 3.16. The van der Waals surface area contributed by atoms with Gasteiger partial charge in [0, 0.05) is 30.2 Å². The minimum atomic E-state index is 0.0252. The Hall–Kier alpha value is -2.25. The number of hydrogen-bond acceptors (Lipinski definition) is 5. The monoisotopic (exact) mass is 412 g/mol. The fraction of sp³-hybridized carbons (Fsp3) is 0.286. The van der Waals surface area contributed by atoms with Gasteiger partial charge >= 0.3 is 0 Å². The summed E-state index contributed by atoms with van der Waals surface area (Å²) in [6.07, 6.45) is 0. The number of aromatic nitrogens is 3. The van der Waals surface area contributed by atoms with Gasteiger partial charge in [0.2, 0.25) is 5.91 Å². The van der Waals surface area contributed by atoms with Crippen LogP contribution in [0.5, 0.6) is 0 Å². The van der Waals surface area contributed by atoms with Crippen LogP contribution >= 0.6 is 23.5 Å². The molecule has 146 valence electrons. The van der Waals surface area contributed by atoms with E-state index in [2.05, 4.69) is 34.6 Å². The topological polar surface area (TPSA) is 59.8 Å². The van der Waals surface area contributed by atoms with Gasteiger partial charge in [-0.3, -0.25) is 4.79 Å². The van der Waals surface area contributed by atoms with Gasteiger partial charge in [-0.15, -0.1) is 10.2 Å². The van der Waals surface area contributed by atoms with Gasteiger partial charge in [0.15, 0.2) is 11.0 Å². The van der Waals surface area contributed by atoms with Crippen LogP contribution < -0.4 is 5.32 Å². The molecule has 1 heterocycles. The second-order valence-electron chi connectivity index (χ2n) is 6.09. The van der Waals surface area contributed by atoms with Gasteiger partial charge in [0.1, 0.15) is 0 Å². The predicted molar refractivity (Wildman–Crippen MR) is 117 cm³/mol. The van der Waals surface area contributed by atoms with Crippen molar-refractivity contribution in [2.75, 3.05) is 18.1 Å². The molecule has 7 heteroatoms. The number of hydrogen-bond donors (Lipinski definition) is 1. The summed E-state index contributed by atoms with van der Waals surface area (Å²) in [5, 5.41) is 12.3. The highest BCUT2D eigenvalue weighted by Crippen LogP contribution is 2.23. The highest BCUT2D eigenvalue weighted by Gasteiger charge is 2.14.